The minimum Gasteiger partial charge on any atom is -0.490 e. The summed E-state index contributed by atoms with van der Waals surface area (Å²) >= 11 is 0. The van der Waals surface area contributed by atoms with E-state index in [0.29, 0.717) is 30.8 Å². The molecule has 0 fully saturated rings. The van der Waals surface area contributed by atoms with Crippen LogP contribution in [0.4, 0.5) is 8.78 Å². The summed E-state index contributed by atoms with van der Waals surface area (Å²) in [5.41, 5.74) is 0.639. The van der Waals surface area contributed by atoms with Crippen molar-refractivity contribution < 1.29 is 23.0 Å². The maximum Gasteiger partial charge on any atom is 0.311 e. The van der Waals surface area contributed by atoms with Gasteiger partial charge in [-0.25, -0.2) is 4.39 Å². The number of esters is 1. The van der Waals surface area contributed by atoms with Gasteiger partial charge in [0.15, 0.2) is 11.6 Å². The minimum atomic E-state index is -0.980. The summed E-state index contributed by atoms with van der Waals surface area (Å²) in [6, 6.07) is 9.31. The average molecular weight is 404 g/mol. The summed E-state index contributed by atoms with van der Waals surface area (Å²) in [5.74, 6) is -1.92. The van der Waals surface area contributed by atoms with Gasteiger partial charge in [0.1, 0.15) is 5.75 Å². The third kappa shape index (κ3) is 7.15. The molecular formula is C24H30F2O3. The molecule has 0 bridgehead atoms. The van der Waals surface area contributed by atoms with Crippen LogP contribution >= 0.6 is 0 Å². The molecule has 0 N–H and O–H groups in total. The number of ether oxygens (including phenoxy) is 2. The van der Waals surface area contributed by atoms with Gasteiger partial charge in [-0.05, 0) is 42.7 Å². The Morgan fingerprint density at radius 2 is 1.52 bits per heavy atom. The van der Waals surface area contributed by atoms with E-state index in [-0.39, 0.29) is 17.3 Å². The summed E-state index contributed by atoms with van der Waals surface area (Å²) in [6.07, 6.45) is 7.64. The van der Waals surface area contributed by atoms with Gasteiger partial charge in [-0.15, -0.1) is 0 Å². The smallest absolute Gasteiger partial charge is 0.311 e. The van der Waals surface area contributed by atoms with E-state index in [0.717, 1.165) is 19.3 Å². The lowest BCUT2D eigenvalue weighted by Crippen LogP contribution is -2.06. The van der Waals surface area contributed by atoms with Gasteiger partial charge >= 0.3 is 5.97 Å². The van der Waals surface area contributed by atoms with E-state index < -0.39 is 11.6 Å². The standard InChI is InChI=1S/C24H30F2O3/c1-3-5-6-7-8-9-17-28-21-16-15-20(23(25)24(21)26)18-11-13-19(14-12-18)29-22(27)10-4-2/h11-16H,3-10,17H2,1-2H3. The van der Waals surface area contributed by atoms with Gasteiger partial charge in [-0.3, -0.25) is 4.79 Å². The SMILES string of the molecule is CCCCCCCCOc1ccc(-c2ccc(OC(=O)CCC)cc2)c(F)c1F. The van der Waals surface area contributed by atoms with Gasteiger partial charge in [0.05, 0.1) is 6.61 Å². The minimum absolute atomic E-state index is 0.0649. The number of carbonyl (C=O) groups is 1. The van der Waals surface area contributed by atoms with E-state index in [1.54, 1.807) is 24.3 Å². The quantitative estimate of drug-likeness (QED) is 0.215. The van der Waals surface area contributed by atoms with Crippen molar-refractivity contribution in [3.05, 3.63) is 48.0 Å². The van der Waals surface area contributed by atoms with Crippen LogP contribution in [0.3, 0.4) is 0 Å². The Balaban J connectivity index is 1.95. The van der Waals surface area contributed by atoms with Crippen molar-refractivity contribution in [1.82, 2.24) is 0 Å². The second kappa shape index (κ2) is 12.2. The fourth-order valence-corrected chi connectivity index (χ4v) is 3.02. The molecule has 0 saturated carbocycles. The first-order valence-corrected chi connectivity index (χ1v) is 10.5. The number of hydrogen-bond acceptors (Lipinski definition) is 3. The van der Waals surface area contributed by atoms with Gasteiger partial charge in [-0.2, -0.15) is 4.39 Å². The van der Waals surface area contributed by atoms with Crippen molar-refractivity contribution in [2.45, 2.75) is 65.2 Å². The van der Waals surface area contributed by atoms with Gasteiger partial charge in [0, 0.05) is 12.0 Å². The summed E-state index contributed by atoms with van der Waals surface area (Å²) in [6.45, 7) is 4.43. The van der Waals surface area contributed by atoms with Crippen LogP contribution in [-0.2, 0) is 4.79 Å². The van der Waals surface area contributed by atoms with Crippen molar-refractivity contribution in [3.8, 4) is 22.6 Å². The first-order valence-electron chi connectivity index (χ1n) is 10.5. The highest BCUT2D eigenvalue weighted by atomic mass is 19.2. The van der Waals surface area contributed by atoms with Crippen LogP contribution in [0.2, 0.25) is 0 Å². The van der Waals surface area contributed by atoms with Gasteiger partial charge in [0.2, 0.25) is 5.82 Å². The zero-order valence-electron chi connectivity index (χ0n) is 17.3. The maximum atomic E-state index is 14.5. The lowest BCUT2D eigenvalue weighted by atomic mass is 10.0. The summed E-state index contributed by atoms with van der Waals surface area (Å²) < 4.78 is 39.5. The van der Waals surface area contributed by atoms with Crippen LogP contribution in [0.15, 0.2) is 36.4 Å². The molecule has 2 aromatic rings. The van der Waals surface area contributed by atoms with Crippen molar-refractivity contribution in [2.24, 2.45) is 0 Å². The molecule has 0 atom stereocenters. The van der Waals surface area contributed by atoms with E-state index in [9.17, 15) is 13.6 Å². The van der Waals surface area contributed by atoms with E-state index in [4.69, 9.17) is 9.47 Å². The Bertz CT molecular complexity index is 772. The summed E-state index contributed by atoms with van der Waals surface area (Å²) in [5, 5.41) is 0. The Kier molecular flexibility index (Phi) is 9.62. The molecule has 0 aromatic heterocycles. The molecule has 0 heterocycles. The van der Waals surface area contributed by atoms with Crippen molar-refractivity contribution in [3.63, 3.8) is 0 Å². The maximum absolute atomic E-state index is 14.5. The van der Waals surface area contributed by atoms with E-state index in [1.807, 2.05) is 6.92 Å². The Morgan fingerprint density at radius 1 is 0.828 bits per heavy atom. The molecule has 0 spiro atoms. The second-order valence-corrected chi connectivity index (χ2v) is 7.10. The predicted octanol–water partition coefficient (Wildman–Crippen LogP) is 7.08. The number of halogens is 2. The fourth-order valence-electron chi connectivity index (χ4n) is 3.02. The molecule has 158 valence electrons. The molecule has 0 amide bonds. The monoisotopic (exact) mass is 404 g/mol. The third-order valence-corrected chi connectivity index (χ3v) is 4.65. The molecule has 5 heteroatoms. The van der Waals surface area contributed by atoms with Crippen LogP contribution in [0.1, 0.15) is 65.2 Å². The average Bonchev–Trinajstić information content (AvgIpc) is 2.71. The van der Waals surface area contributed by atoms with Gasteiger partial charge in [0.25, 0.3) is 0 Å². The first kappa shape index (κ1) is 22.9. The molecule has 0 aliphatic carbocycles. The molecule has 2 aromatic carbocycles. The van der Waals surface area contributed by atoms with Crippen LogP contribution < -0.4 is 9.47 Å². The van der Waals surface area contributed by atoms with Crippen LogP contribution in [0.25, 0.3) is 11.1 Å². The summed E-state index contributed by atoms with van der Waals surface area (Å²) in [7, 11) is 0. The molecule has 0 aliphatic rings. The van der Waals surface area contributed by atoms with E-state index in [2.05, 4.69) is 6.92 Å². The predicted molar refractivity (Wildman–Crippen MR) is 111 cm³/mol. The fraction of sp³-hybridized carbons (Fsp3) is 0.458. The zero-order chi connectivity index (χ0) is 21.1. The molecule has 3 nitrogen and oxygen atoms in total. The highest BCUT2D eigenvalue weighted by Gasteiger charge is 2.16. The van der Waals surface area contributed by atoms with Crippen molar-refractivity contribution in [2.75, 3.05) is 6.61 Å². The number of carbonyl (C=O) groups excluding carboxylic acids is 1. The molecule has 2 rings (SSSR count). The lowest BCUT2D eigenvalue weighted by molar-refractivity contribution is -0.134. The van der Waals surface area contributed by atoms with Crippen LogP contribution in [0.5, 0.6) is 11.5 Å². The van der Waals surface area contributed by atoms with Gasteiger partial charge in [-0.1, -0.05) is 58.1 Å². The van der Waals surface area contributed by atoms with E-state index >= 15 is 0 Å². The molecule has 0 aliphatic heterocycles. The highest BCUT2D eigenvalue weighted by molar-refractivity contribution is 5.73. The summed E-state index contributed by atoms with van der Waals surface area (Å²) in [4.78, 5) is 11.5. The Morgan fingerprint density at radius 3 is 2.21 bits per heavy atom. The molecule has 29 heavy (non-hydrogen) atoms. The van der Waals surface area contributed by atoms with Crippen molar-refractivity contribution in [1.29, 1.82) is 0 Å². The Hall–Kier alpha value is -2.43. The number of benzene rings is 2. The van der Waals surface area contributed by atoms with Crippen molar-refractivity contribution >= 4 is 5.97 Å². The second-order valence-electron chi connectivity index (χ2n) is 7.10. The molecule has 0 radical (unpaired) electrons. The van der Waals surface area contributed by atoms with Crippen LogP contribution in [-0.4, -0.2) is 12.6 Å². The van der Waals surface area contributed by atoms with Crippen LogP contribution in [0, 0.1) is 11.6 Å². The number of hydrogen-bond donors (Lipinski definition) is 0. The Labute approximate surface area is 172 Å². The third-order valence-electron chi connectivity index (χ3n) is 4.65. The van der Waals surface area contributed by atoms with E-state index in [1.165, 1.54) is 31.4 Å². The normalized spacial score (nSPS) is 10.8. The van der Waals surface area contributed by atoms with Gasteiger partial charge < -0.3 is 9.47 Å². The lowest BCUT2D eigenvalue weighted by Gasteiger charge is -2.11. The molecule has 0 saturated heterocycles. The first-order chi connectivity index (χ1) is 14.1. The number of unbranched alkanes of at least 4 members (excludes halogenated alkanes) is 5. The zero-order valence-corrected chi connectivity index (χ0v) is 17.3. The number of rotatable bonds is 12. The largest absolute Gasteiger partial charge is 0.490 e. The molecule has 0 unspecified atom stereocenters. The highest BCUT2D eigenvalue weighted by Crippen LogP contribution is 2.31. The molecular weight excluding hydrogens is 374 g/mol. The topological polar surface area (TPSA) is 35.5 Å².